The maximum atomic E-state index is 11.3. The molecule has 0 aromatic carbocycles. The molecule has 0 aromatic rings. The van der Waals surface area contributed by atoms with E-state index in [1.54, 1.807) is 0 Å². The fourth-order valence-corrected chi connectivity index (χ4v) is 2.42. The van der Waals surface area contributed by atoms with Crippen LogP contribution in [0.3, 0.4) is 0 Å². The average molecular weight is 732 g/mol. The highest BCUT2D eigenvalue weighted by Crippen LogP contribution is 2.30. The molecule has 0 spiro atoms. The van der Waals surface area contributed by atoms with Gasteiger partial charge in [0.2, 0.25) is 0 Å². The van der Waals surface area contributed by atoms with Crippen molar-refractivity contribution < 1.29 is 78.0 Å². The number of hydrogen-bond acceptors (Lipinski definition) is 28. The van der Waals surface area contributed by atoms with Crippen molar-refractivity contribution in [3.05, 3.63) is 121 Å². The number of nitro groups is 12. The Labute approximate surface area is 256 Å². The lowest BCUT2D eigenvalue weighted by Crippen LogP contribution is -2.65. The normalized spacial score (nSPS) is 12.2. The molecule has 0 fully saturated rings. The number of nitrogens with zero attached hydrogens (tertiary/aromatic N) is 12. The fraction of sp³-hybridized carbons (Fsp3) is 1.00. The van der Waals surface area contributed by atoms with E-state index in [0.717, 1.165) is 0 Å². The van der Waals surface area contributed by atoms with Crippen molar-refractivity contribution in [2.75, 3.05) is 26.4 Å². The molecule has 0 aliphatic heterocycles. The molecule has 0 heterocycles. The van der Waals surface area contributed by atoms with Gasteiger partial charge in [-0.1, -0.05) is 0 Å². The molecule has 0 rings (SSSR count). The number of hydrogen-bond donors (Lipinski definition) is 0. The van der Waals surface area contributed by atoms with Gasteiger partial charge >= 0.3 is 29.3 Å². The predicted molar refractivity (Wildman–Crippen MR) is 121 cm³/mol. The van der Waals surface area contributed by atoms with Gasteiger partial charge < -0.3 is 0 Å². The molecule has 0 amide bonds. The third kappa shape index (κ3) is 7.07. The van der Waals surface area contributed by atoms with Crippen LogP contribution < -0.4 is 0 Å². The first-order valence-corrected chi connectivity index (χ1v) is 10.5. The van der Waals surface area contributed by atoms with Gasteiger partial charge in [-0.3, -0.25) is 140 Å². The first kappa shape index (κ1) is 41.6. The van der Waals surface area contributed by atoms with Crippen molar-refractivity contribution >= 4 is 0 Å². The van der Waals surface area contributed by atoms with Crippen LogP contribution >= 0.6 is 0 Å². The minimum absolute atomic E-state index is 2.53. The van der Waals surface area contributed by atoms with Crippen LogP contribution in [0.5, 0.6) is 0 Å². The molecule has 0 unspecified atom stereocenters. The van der Waals surface area contributed by atoms with Gasteiger partial charge in [-0.2, -0.15) is 0 Å². The molecule has 0 saturated heterocycles. The summed E-state index contributed by atoms with van der Waals surface area (Å²) in [7, 11) is 0. The first-order chi connectivity index (χ1) is 22.1. The molecule has 0 N–H and O–H groups in total. The largest absolute Gasteiger partial charge is 0.723 e. The highest BCUT2D eigenvalue weighted by molar-refractivity contribution is 4.63. The summed E-state index contributed by atoms with van der Waals surface area (Å²) in [5.41, 5.74) is 0. The van der Waals surface area contributed by atoms with Crippen molar-refractivity contribution in [2.45, 2.75) is 29.3 Å². The summed E-state index contributed by atoms with van der Waals surface area (Å²) in [6.45, 7) is -12.5. The van der Waals surface area contributed by atoms with E-state index in [1.807, 2.05) is 0 Å². The summed E-state index contributed by atoms with van der Waals surface area (Å²) in [4.78, 5) is 105. The van der Waals surface area contributed by atoms with Gasteiger partial charge in [-0.05, 0) is 0 Å². The van der Waals surface area contributed by atoms with Crippen LogP contribution in [0.15, 0.2) is 0 Å². The lowest BCUT2D eigenvalue weighted by atomic mass is 10.4. The van der Waals surface area contributed by atoms with E-state index >= 15 is 0 Å². The fourth-order valence-electron chi connectivity index (χ4n) is 2.42. The van der Waals surface area contributed by atoms with Crippen molar-refractivity contribution in [2.24, 2.45) is 0 Å². The molecule has 0 atom stereocenters. The molecule has 0 bridgehead atoms. The Morgan fingerprint density at radius 1 is 0.265 bits per heavy atom. The monoisotopic (exact) mass is 732 g/mol. The summed E-state index contributed by atoms with van der Waals surface area (Å²) in [5.74, 6) is -20.5. The number of rotatable bonds is 24. The van der Waals surface area contributed by atoms with Gasteiger partial charge in [0.05, 0.1) is 0 Å². The summed E-state index contributed by atoms with van der Waals surface area (Å²) in [5, 5.41) is 136. The summed E-state index contributed by atoms with van der Waals surface area (Å²) in [6.07, 6.45) is -5.30. The second-order valence-electron chi connectivity index (χ2n) is 7.84. The average Bonchev–Trinajstić information content (AvgIpc) is 2.91. The molecular weight excluding hydrogens is 724 g/mol. The van der Waals surface area contributed by atoms with Crippen LogP contribution in [-0.4, -0.2) is 115 Å². The molecule has 0 aromatic heterocycles. The Hall–Kier alpha value is -7.36. The highest BCUT2D eigenvalue weighted by atomic mass is 17.0. The van der Waals surface area contributed by atoms with Crippen LogP contribution in [-0.2, 0) is 18.9 Å². The zero-order valence-electron chi connectivity index (χ0n) is 22.1. The SMILES string of the molecule is O=[N+]([O-])C(COC(OCC([N+](=O)[O-])([N+](=O)[O-])[N+](=O)[O-])(OCC([N+](=O)[O-])([N+](=O)[O-])[N+](=O)[O-])OCC([N+](=O)[O-])([N+](=O)[O-])[N+](=O)[O-])([N+](=O)[O-])[N+](=O)[O-]. The topological polar surface area (TPSA) is 555 Å². The van der Waals surface area contributed by atoms with Gasteiger partial charge in [-0.25, -0.2) is 0 Å². The van der Waals surface area contributed by atoms with Crippen LogP contribution in [0.2, 0.25) is 0 Å². The highest BCUT2D eigenvalue weighted by Gasteiger charge is 2.78. The number of ether oxygens (including phenoxy) is 4. The molecule has 0 aliphatic carbocycles. The maximum absolute atomic E-state index is 11.3. The van der Waals surface area contributed by atoms with Crippen molar-refractivity contribution in [1.29, 1.82) is 0 Å². The Balaban J connectivity index is 8.11. The molecule has 272 valence electrons. The van der Waals surface area contributed by atoms with Crippen LogP contribution in [0.25, 0.3) is 0 Å². The minimum atomic E-state index is -5.30. The van der Waals surface area contributed by atoms with Gasteiger partial charge in [0.15, 0.2) is 59.1 Å². The van der Waals surface area contributed by atoms with E-state index in [9.17, 15) is 121 Å². The second-order valence-corrected chi connectivity index (χ2v) is 7.84. The zero-order valence-corrected chi connectivity index (χ0v) is 22.1. The smallest absolute Gasteiger partial charge is 0.278 e. The van der Waals surface area contributed by atoms with E-state index in [2.05, 4.69) is 18.9 Å². The quantitative estimate of drug-likeness (QED) is 0.0513. The van der Waals surface area contributed by atoms with Crippen LogP contribution in [0, 0.1) is 121 Å². The third-order valence-electron chi connectivity index (χ3n) is 5.28. The Bertz CT molecular complexity index is 1140. The third-order valence-corrected chi connectivity index (χ3v) is 5.28. The lowest BCUT2D eigenvalue weighted by Gasteiger charge is -2.30. The van der Waals surface area contributed by atoms with E-state index in [0.29, 0.717) is 0 Å². The van der Waals surface area contributed by atoms with Gasteiger partial charge in [0.1, 0.15) is 0 Å². The lowest BCUT2D eigenvalue weighted by molar-refractivity contribution is -0.979. The van der Waals surface area contributed by atoms with Gasteiger partial charge in [0.25, 0.3) is 26.4 Å². The molecule has 49 heavy (non-hydrogen) atoms. The second kappa shape index (κ2) is 14.4. The predicted octanol–water partition coefficient (Wildman–Crippen LogP) is -4.40. The summed E-state index contributed by atoms with van der Waals surface area (Å²) < 4.78 is 16.0. The van der Waals surface area contributed by atoms with Crippen LogP contribution in [0.4, 0.5) is 0 Å². The molecule has 0 aliphatic rings. The standard InChI is InChI=1S/C9H8N12O28/c22-10(23)5(11(24)25,12(26)27)1-46-9(47-2-6(13(28)29,14(30)31)15(32)33,48-3-7(16(34)35,17(36)37)18(38)39)49-4-8(19(40)41,20(42)43)21(44)45/h1-4H2. The Kier molecular flexibility index (Phi) is 12.2. The first-order valence-electron chi connectivity index (χ1n) is 10.5. The maximum Gasteiger partial charge on any atom is 0.723 e. The van der Waals surface area contributed by atoms with Gasteiger partial charge in [-0.15, -0.1) is 0 Å². The van der Waals surface area contributed by atoms with E-state index in [-0.39, 0.29) is 0 Å². The van der Waals surface area contributed by atoms with E-state index < -0.39 is 115 Å². The van der Waals surface area contributed by atoms with Crippen molar-refractivity contribution in [1.82, 2.24) is 0 Å². The summed E-state index contributed by atoms with van der Waals surface area (Å²) in [6, 6.07) is 0. The van der Waals surface area contributed by atoms with Crippen molar-refractivity contribution in [3.63, 3.8) is 0 Å². The van der Waals surface area contributed by atoms with Crippen molar-refractivity contribution in [3.8, 4) is 0 Å². The molecule has 40 heteroatoms. The summed E-state index contributed by atoms with van der Waals surface area (Å²) >= 11 is 0. The molecule has 0 radical (unpaired) electrons. The van der Waals surface area contributed by atoms with Gasteiger partial charge in [0, 0.05) is 0 Å². The minimum Gasteiger partial charge on any atom is -0.278 e. The molecule has 0 saturated carbocycles. The Morgan fingerprint density at radius 3 is 0.449 bits per heavy atom. The molecule has 40 nitrogen and oxygen atoms in total. The Morgan fingerprint density at radius 2 is 0.367 bits per heavy atom. The van der Waals surface area contributed by atoms with Crippen LogP contribution in [0.1, 0.15) is 0 Å². The zero-order chi connectivity index (χ0) is 39.1. The van der Waals surface area contributed by atoms with E-state index in [1.165, 1.54) is 0 Å². The van der Waals surface area contributed by atoms with E-state index in [4.69, 9.17) is 0 Å². The molecular formula is C9H8N12O28.